The Balaban J connectivity index is 2.11. The second kappa shape index (κ2) is 6.13. The molecule has 2 aromatic carbocycles. The van der Waals surface area contributed by atoms with Gasteiger partial charge in [-0.25, -0.2) is 0 Å². The van der Waals surface area contributed by atoms with Crippen LogP contribution in [-0.2, 0) is 13.2 Å². The Morgan fingerprint density at radius 2 is 1.84 bits per heavy atom. The molecular formula is C15H16N2O2. The Bertz CT molecular complexity index is 565. The van der Waals surface area contributed by atoms with Gasteiger partial charge < -0.3 is 16.2 Å². The summed E-state index contributed by atoms with van der Waals surface area (Å²) in [6, 6.07) is 14.3. The molecule has 4 N–H and O–H groups in total. The number of carbonyl (C=O) groups is 1. The Morgan fingerprint density at radius 1 is 1.11 bits per heavy atom. The summed E-state index contributed by atoms with van der Waals surface area (Å²) >= 11 is 0. The molecule has 0 aromatic heterocycles. The van der Waals surface area contributed by atoms with E-state index in [1.54, 1.807) is 36.4 Å². The molecule has 0 spiro atoms. The van der Waals surface area contributed by atoms with E-state index >= 15 is 0 Å². The number of carbonyl (C=O) groups excluding carboxylic acids is 1. The summed E-state index contributed by atoms with van der Waals surface area (Å²) in [5, 5.41) is 11.7. The van der Waals surface area contributed by atoms with E-state index < -0.39 is 0 Å². The highest BCUT2D eigenvalue weighted by Crippen LogP contribution is 2.12. The molecule has 2 aromatic rings. The van der Waals surface area contributed by atoms with E-state index in [9.17, 15) is 4.79 Å². The summed E-state index contributed by atoms with van der Waals surface area (Å²) in [5.74, 6) is -0.174. The zero-order chi connectivity index (χ0) is 13.7. The van der Waals surface area contributed by atoms with Crippen LogP contribution in [0.3, 0.4) is 0 Å². The highest BCUT2D eigenvalue weighted by molar-refractivity contribution is 6.04. The van der Waals surface area contributed by atoms with Crippen molar-refractivity contribution in [2.75, 3.05) is 5.32 Å². The van der Waals surface area contributed by atoms with Crippen molar-refractivity contribution >= 4 is 11.6 Å². The van der Waals surface area contributed by atoms with Gasteiger partial charge in [-0.2, -0.15) is 0 Å². The molecule has 4 nitrogen and oxygen atoms in total. The first kappa shape index (κ1) is 13.3. The maximum Gasteiger partial charge on any atom is 0.255 e. The Hall–Kier alpha value is -2.17. The van der Waals surface area contributed by atoms with E-state index in [2.05, 4.69) is 5.32 Å². The first-order chi connectivity index (χ1) is 9.22. The minimum absolute atomic E-state index is 0.00717. The number of amides is 1. The third kappa shape index (κ3) is 3.40. The summed E-state index contributed by atoms with van der Waals surface area (Å²) in [5.41, 5.74) is 8.55. The SMILES string of the molecule is NCc1cccc(C(=O)Nc2ccc(CO)cc2)c1. The van der Waals surface area contributed by atoms with Gasteiger partial charge in [0.1, 0.15) is 0 Å². The number of aliphatic hydroxyl groups is 1. The number of hydrogen-bond acceptors (Lipinski definition) is 3. The van der Waals surface area contributed by atoms with Crippen molar-refractivity contribution < 1.29 is 9.90 Å². The van der Waals surface area contributed by atoms with Gasteiger partial charge in [0.15, 0.2) is 0 Å². The Morgan fingerprint density at radius 3 is 2.47 bits per heavy atom. The minimum atomic E-state index is -0.174. The van der Waals surface area contributed by atoms with Gasteiger partial charge in [-0.3, -0.25) is 4.79 Å². The zero-order valence-corrected chi connectivity index (χ0v) is 10.5. The van der Waals surface area contributed by atoms with Crippen molar-refractivity contribution in [1.29, 1.82) is 0 Å². The van der Waals surface area contributed by atoms with Crippen LogP contribution in [0, 0.1) is 0 Å². The number of hydrogen-bond donors (Lipinski definition) is 3. The Labute approximate surface area is 111 Å². The van der Waals surface area contributed by atoms with Crippen LogP contribution in [0.25, 0.3) is 0 Å². The molecule has 98 valence electrons. The number of anilines is 1. The lowest BCUT2D eigenvalue weighted by Gasteiger charge is -2.07. The van der Waals surface area contributed by atoms with Crippen LogP contribution in [0.15, 0.2) is 48.5 Å². The van der Waals surface area contributed by atoms with E-state index in [0.29, 0.717) is 17.8 Å². The summed E-state index contributed by atoms with van der Waals surface area (Å²) in [4.78, 5) is 12.0. The van der Waals surface area contributed by atoms with Crippen molar-refractivity contribution in [2.24, 2.45) is 5.73 Å². The standard InChI is InChI=1S/C15H16N2O2/c16-9-12-2-1-3-13(8-12)15(19)17-14-6-4-11(10-18)5-7-14/h1-8,18H,9-10,16H2,(H,17,19). The van der Waals surface area contributed by atoms with Gasteiger partial charge in [-0.15, -0.1) is 0 Å². The predicted molar refractivity (Wildman–Crippen MR) is 74.7 cm³/mol. The lowest BCUT2D eigenvalue weighted by atomic mass is 10.1. The smallest absolute Gasteiger partial charge is 0.255 e. The number of rotatable bonds is 4. The predicted octanol–water partition coefficient (Wildman–Crippen LogP) is 1.89. The number of nitrogens with two attached hydrogens (primary N) is 1. The molecule has 0 saturated carbocycles. The van der Waals surface area contributed by atoms with Gasteiger partial charge in [-0.1, -0.05) is 24.3 Å². The second-order valence-electron chi connectivity index (χ2n) is 4.21. The van der Waals surface area contributed by atoms with Gasteiger partial charge in [0.05, 0.1) is 6.61 Å². The molecule has 0 saturated heterocycles. The van der Waals surface area contributed by atoms with Crippen LogP contribution in [0.4, 0.5) is 5.69 Å². The molecule has 0 heterocycles. The number of benzene rings is 2. The third-order valence-corrected chi connectivity index (χ3v) is 2.82. The van der Waals surface area contributed by atoms with E-state index in [1.165, 1.54) is 0 Å². The molecule has 0 aliphatic carbocycles. The first-order valence-corrected chi connectivity index (χ1v) is 6.03. The molecule has 0 unspecified atom stereocenters. The normalized spacial score (nSPS) is 10.2. The highest BCUT2D eigenvalue weighted by Gasteiger charge is 2.06. The molecule has 4 heteroatoms. The number of aliphatic hydroxyl groups excluding tert-OH is 1. The maximum atomic E-state index is 12.0. The van der Waals surface area contributed by atoms with Crippen molar-refractivity contribution in [1.82, 2.24) is 0 Å². The third-order valence-electron chi connectivity index (χ3n) is 2.82. The van der Waals surface area contributed by atoms with Gasteiger partial charge in [0.25, 0.3) is 5.91 Å². The summed E-state index contributed by atoms with van der Waals surface area (Å²) in [7, 11) is 0. The van der Waals surface area contributed by atoms with Crippen LogP contribution >= 0.6 is 0 Å². The highest BCUT2D eigenvalue weighted by atomic mass is 16.3. The molecule has 0 bridgehead atoms. The van der Waals surface area contributed by atoms with Gasteiger partial charge in [-0.05, 0) is 35.4 Å². The zero-order valence-electron chi connectivity index (χ0n) is 10.5. The first-order valence-electron chi connectivity index (χ1n) is 6.03. The van der Waals surface area contributed by atoms with Crippen LogP contribution in [0.5, 0.6) is 0 Å². The fourth-order valence-corrected chi connectivity index (χ4v) is 1.74. The van der Waals surface area contributed by atoms with Gasteiger partial charge in [0, 0.05) is 17.8 Å². The van der Waals surface area contributed by atoms with E-state index in [1.807, 2.05) is 12.1 Å². The average molecular weight is 256 g/mol. The second-order valence-corrected chi connectivity index (χ2v) is 4.21. The molecule has 1 amide bonds. The molecule has 2 rings (SSSR count). The van der Waals surface area contributed by atoms with E-state index in [-0.39, 0.29) is 12.5 Å². The van der Waals surface area contributed by atoms with Crippen molar-refractivity contribution in [3.63, 3.8) is 0 Å². The minimum Gasteiger partial charge on any atom is -0.392 e. The molecule has 19 heavy (non-hydrogen) atoms. The van der Waals surface area contributed by atoms with E-state index in [0.717, 1.165) is 11.1 Å². The van der Waals surface area contributed by atoms with Gasteiger partial charge in [0.2, 0.25) is 0 Å². The van der Waals surface area contributed by atoms with Gasteiger partial charge >= 0.3 is 0 Å². The molecule has 0 atom stereocenters. The molecular weight excluding hydrogens is 240 g/mol. The van der Waals surface area contributed by atoms with Crippen LogP contribution in [0.2, 0.25) is 0 Å². The van der Waals surface area contributed by atoms with Crippen LogP contribution < -0.4 is 11.1 Å². The fraction of sp³-hybridized carbons (Fsp3) is 0.133. The summed E-state index contributed by atoms with van der Waals surface area (Å²) < 4.78 is 0. The van der Waals surface area contributed by atoms with Crippen molar-refractivity contribution in [2.45, 2.75) is 13.2 Å². The Kier molecular flexibility index (Phi) is 4.28. The molecule has 0 radical (unpaired) electrons. The topological polar surface area (TPSA) is 75.4 Å². The monoisotopic (exact) mass is 256 g/mol. The van der Waals surface area contributed by atoms with Crippen LogP contribution in [-0.4, -0.2) is 11.0 Å². The van der Waals surface area contributed by atoms with Crippen molar-refractivity contribution in [3.05, 3.63) is 65.2 Å². The summed E-state index contributed by atoms with van der Waals surface area (Å²) in [6.45, 7) is 0.402. The maximum absolute atomic E-state index is 12.0. The van der Waals surface area contributed by atoms with Crippen molar-refractivity contribution in [3.8, 4) is 0 Å². The number of nitrogens with one attached hydrogen (secondary N) is 1. The molecule has 0 aliphatic rings. The quantitative estimate of drug-likeness (QED) is 0.782. The molecule has 0 aliphatic heterocycles. The largest absolute Gasteiger partial charge is 0.392 e. The fourth-order valence-electron chi connectivity index (χ4n) is 1.74. The molecule has 0 fully saturated rings. The summed E-state index contributed by atoms with van der Waals surface area (Å²) in [6.07, 6.45) is 0. The average Bonchev–Trinajstić information content (AvgIpc) is 2.48. The van der Waals surface area contributed by atoms with Crippen LogP contribution in [0.1, 0.15) is 21.5 Å². The lowest BCUT2D eigenvalue weighted by molar-refractivity contribution is 0.102. The van der Waals surface area contributed by atoms with E-state index in [4.69, 9.17) is 10.8 Å². The lowest BCUT2D eigenvalue weighted by Crippen LogP contribution is -2.12.